The average Bonchev–Trinajstić information content (AvgIpc) is 2.61. The van der Waals surface area contributed by atoms with Crippen LogP contribution in [0.15, 0.2) is 10.9 Å². The molecule has 0 saturated heterocycles. The third-order valence-electron chi connectivity index (χ3n) is 4.48. The topological polar surface area (TPSA) is 74.3 Å². The first-order valence-corrected chi connectivity index (χ1v) is 8.90. The van der Waals surface area contributed by atoms with Gasteiger partial charge in [-0.3, -0.25) is 4.79 Å². The summed E-state index contributed by atoms with van der Waals surface area (Å²) in [5.41, 5.74) is 4.96. The zero-order valence-electron chi connectivity index (χ0n) is 15.5. The van der Waals surface area contributed by atoms with Gasteiger partial charge < -0.3 is 15.0 Å². The van der Waals surface area contributed by atoms with Crippen molar-refractivity contribution < 1.29 is 18.3 Å². The molecule has 0 amide bonds. The fraction of sp³-hybridized carbons (Fsp3) is 0.474. The second-order valence-corrected chi connectivity index (χ2v) is 5.96. The Kier molecular flexibility index (Phi) is 6.00. The number of carbonyl (C=O) groups excluding carboxylic acids is 1. The summed E-state index contributed by atoms with van der Waals surface area (Å²) < 4.78 is 34.4. The number of aromatic nitrogens is 1. The first-order valence-electron chi connectivity index (χ1n) is 8.90. The van der Waals surface area contributed by atoms with Crippen molar-refractivity contribution in [3.05, 3.63) is 39.2 Å². The Hall–Kier alpha value is -2.44. The van der Waals surface area contributed by atoms with Gasteiger partial charge in [0.25, 0.3) is 0 Å². The van der Waals surface area contributed by atoms with E-state index in [1.807, 2.05) is 20.8 Å². The van der Waals surface area contributed by atoms with E-state index in [9.17, 15) is 18.4 Å². The fourth-order valence-corrected chi connectivity index (χ4v) is 3.44. The highest BCUT2D eigenvalue weighted by atomic mass is 19.2. The van der Waals surface area contributed by atoms with Gasteiger partial charge in [0.15, 0.2) is 11.6 Å². The van der Waals surface area contributed by atoms with E-state index < -0.39 is 28.7 Å². The number of nitrogens with two attached hydrogens (primary N) is 1. The van der Waals surface area contributed by atoms with Crippen LogP contribution in [-0.4, -0.2) is 17.1 Å². The maximum atomic E-state index is 13.9. The summed E-state index contributed by atoms with van der Waals surface area (Å²) in [6.07, 6.45) is 2.08. The molecule has 0 bridgehead atoms. The van der Waals surface area contributed by atoms with E-state index in [-0.39, 0.29) is 29.1 Å². The van der Waals surface area contributed by atoms with Crippen LogP contribution in [0.3, 0.4) is 0 Å². The quantitative estimate of drug-likeness (QED) is 0.645. The number of pyridine rings is 1. The minimum absolute atomic E-state index is 0.0747. The summed E-state index contributed by atoms with van der Waals surface area (Å²) in [5.74, 6) is -3.15. The Balaban J connectivity index is 0.00000117. The van der Waals surface area contributed by atoms with Crippen molar-refractivity contribution in [2.75, 3.05) is 12.3 Å². The first kappa shape index (κ1) is 19.9. The van der Waals surface area contributed by atoms with Crippen LogP contribution >= 0.6 is 0 Å². The highest BCUT2D eigenvalue weighted by Gasteiger charge is 2.29. The highest BCUT2D eigenvalue weighted by molar-refractivity contribution is 5.99. The zero-order chi connectivity index (χ0) is 19.6. The SMILES string of the molecule is CC.CCOC(=O)c1c2n(c3cc(F)c(F)c(N)c3c1=O)C(C)CCC2. The van der Waals surface area contributed by atoms with Crippen molar-refractivity contribution in [1.82, 2.24) is 4.57 Å². The molecule has 1 atom stereocenters. The van der Waals surface area contributed by atoms with E-state index >= 15 is 0 Å². The monoisotopic (exact) mass is 366 g/mol. The number of anilines is 1. The van der Waals surface area contributed by atoms with E-state index in [2.05, 4.69) is 0 Å². The largest absolute Gasteiger partial charge is 0.462 e. The number of nitrogen functional groups attached to an aromatic ring is 1. The van der Waals surface area contributed by atoms with E-state index in [0.717, 1.165) is 18.9 Å². The van der Waals surface area contributed by atoms with Crippen LogP contribution in [0.25, 0.3) is 10.9 Å². The summed E-state index contributed by atoms with van der Waals surface area (Å²) in [5, 5.41) is -0.172. The van der Waals surface area contributed by atoms with E-state index in [1.165, 1.54) is 0 Å². The van der Waals surface area contributed by atoms with Crippen molar-refractivity contribution in [1.29, 1.82) is 0 Å². The molecule has 0 aliphatic carbocycles. The normalized spacial score (nSPS) is 15.8. The van der Waals surface area contributed by atoms with Crippen LogP contribution in [0.4, 0.5) is 14.5 Å². The van der Waals surface area contributed by atoms with Crippen LogP contribution in [0.2, 0.25) is 0 Å². The third-order valence-corrected chi connectivity index (χ3v) is 4.48. The zero-order valence-corrected chi connectivity index (χ0v) is 15.5. The lowest BCUT2D eigenvalue weighted by molar-refractivity contribution is 0.0522. The number of halogens is 2. The molecule has 26 heavy (non-hydrogen) atoms. The molecular weight excluding hydrogens is 342 g/mol. The Morgan fingerprint density at radius 1 is 1.38 bits per heavy atom. The lowest BCUT2D eigenvalue weighted by Gasteiger charge is -2.29. The summed E-state index contributed by atoms with van der Waals surface area (Å²) in [6, 6.07) is 0.900. The van der Waals surface area contributed by atoms with Crippen molar-refractivity contribution in [2.45, 2.75) is 53.0 Å². The molecule has 5 nitrogen and oxygen atoms in total. The molecule has 1 aliphatic rings. The van der Waals surface area contributed by atoms with Gasteiger partial charge in [0.1, 0.15) is 5.56 Å². The molecule has 2 heterocycles. The molecule has 1 aliphatic heterocycles. The molecule has 2 N–H and O–H groups in total. The van der Waals surface area contributed by atoms with Crippen LogP contribution in [0, 0.1) is 11.6 Å². The van der Waals surface area contributed by atoms with Gasteiger partial charge in [-0.05, 0) is 33.1 Å². The maximum Gasteiger partial charge on any atom is 0.343 e. The van der Waals surface area contributed by atoms with Crippen molar-refractivity contribution in [2.24, 2.45) is 0 Å². The fourth-order valence-electron chi connectivity index (χ4n) is 3.44. The standard InChI is InChI=1S/C17H18F2N2O3.C2H6/c1-3-24-17(23)13-10-6-4-5-8(2)21(10)11-7-9(18)14(19)15(20)12(11)16(13)22;1-2/h7-8H,3-6,20H2,1-2H3;1-2H3. The van der Waals surface area contributed by atoms with Gasteiger partial charge in [0, 0.05) is 17.8 Å². The molecule has 142 valence electrons. The van der Waals surface area contributed by atoms with Crippen molar-refractivity contribution in [3.8, 4) is 0 Å². The molecular formula is C19H24F2N2O3. The van der Waals surface area contributed by atoms with Gasteiger partial charge in [0.2, 0.25) is 5.43 Å². The van der Waals surface area contributed by atoms with Gasteiger partial charge >= 0.3 is 5.97 Å². The average molecular weight is 366 g/mol. The molecule has 7 heteroatoms. The van der Waals surface area contributed by atoms with Crippen LogP contribution in [0.5, 0.6) is 0 Å². The van der Waals surface area contributed by atoms with Gasteiger partial charge in [-0.2, -0.15) is 0 Å². The molecule has 3 rings (SSSR count). The number of benzene rings is 1. The summed E-state index contributed by atoms with van der Waals surface area (Å²) in [4.78, 5) is 25.1. The lowest BCUT2D eigenvalue weighted by Crippen LogP contribution is -2.30. The van der Waals surface area contributed by atoms with Crippen LogP contribution < -0.4 is 11.2 Å². The Labute approximate surface area is 150 Å². The van der Waals surface area contributed by atoms with Gasteiger partial charge in [0.05, 0.1) is 23.2 Å². The molecule has 1 unspecified atom stereocenters. The van der Waals surface area contributed by atoms with Gasteiger partial charge in [-0.1, -0.05) is 13.8 Å². The van der Waals surface area contributed by atoms with E-state index in [0.29, 0.717) is 12.1 Å². The predicted molar refractivity (Wildman–Crippen MR) is 97.5 cm³/mol. The summed E-state index contributed by atoms with van der Waals surface area (Å²) >= 11 is 0. The number of esters is 1. The number of carbonyl (C=O) groups is 1. The third kappa shape index (κ3) is 3.06. The number of rotatable bonds is 2. The van der Waals surface area contributed by atoms with E-state index in [4.69, 9.17) is 10.5 Å². The number of hydrogen-bond donors (Lipinski definition) is 1. The summed E-state index contributed by atoms with van der Waals surface area (Å²) in [7, 11) is 0. The second-order valence-electron chi connectivity index (χ2n) is 5.96. The Morgan fingerprint density at radius 3 is 2.65 bits per heavy atom. The van der Waals surface area contributed by atoms with Crippen LogP contribution in [0.1, 0.15) is 62.6 Å². The molecule has 0 fully saturated rings. The number of ether oxygens (including phenoxy) is 1. The van der Waals surface area contributed by atoms with Crippen LogP contribution in [-0.2, 0) is 11.2 Å². The van der Waals surface area contributed by atoms with E-state index in [1.54, 1.807) is 11.5 Å². The minimum Gasteiger partial charge on any atom is -0.462 e. The molecule has 0 spiro atoms. The van der Waals surface area contributed by atoms with Crippen molar-refractivity contribution >= 4 is 22.6 Å². The van der Waals surface area contributed by atoms with Crippen molar-refractivity contribution in [3.63, 3.8) is 0 Å². The first-order chi connectivity index (χ1) is 12.4. The second kappa shape index (κ2) is 7.85. The number of hydrogen-bond acceptors (Lipinski definition) is 4. The summed E-state index contributed by atoms with van der Waals surface area (Å²) in [6.45, 7) is 7.65. The molecule has 0 radical (unpaired) electrons. The smallest absolute Gasteiger partial charge is 0.343 e. The Bertz CT molecular complexity index is 906. The molecule has 2 aromatic rings. The Morgan fingerprint density at radius 2 is 2.04 bits per heavy atom. The minimum atomic E-state index is -1.28. The molecule has 1 aromatic heterocycles. The number of nitrogens with zero attached hydrogens (tertiary/aromatic N) is 1. The maximum absolute atomic E-state index is 13.9. The van der Waals surface area contributed by atoms with Gasteiger partial charge in [-0.15, -0.1) is 0 Å². The predicted octanol–water partition coefficient (Wildman–Crippen LogP) is 3.96. The lowest BCUT2D eigenvalue weighted by atomic mass is 9.95. The molecule has 0 saturated carbocycles. The molecule has 1 aromatic carbocycles. The highest BCUT2D eigenvalue weighted by Crippen LogP contribution is 2.33. The van der Waals surface area contributed by atoms with Gasteiger partial charge in [-0.25, -0.2) is 13.6 Å². The number of fused-ring (bicyclic) bond motifs is 3.